The van der Waals surface area contributed by atoms with Crippen LogP contribution >= 0.6 is 19.8 Å². The number of thiocarbonyl (C=S) groups is 1. The van der Waals surface area contributed by atoms with Crippen LogP contribution in [0.25, 0.3) is 33.4 Å². The van der Waals surface area contributed by atoms with Crippen molar-refractivity contribution in [1.82, 2.24) is 5.32 Å². The van der Waals surface area contributed by atoms with E-state index >= 15 is 0 Å². The Kier molecular flexibility index (Phi) is 10.9. The number of carbonyl (C=O) groups is 1. The monoisotopic (exact) mass is 698 g/mol. The van der Waals surface area contributed by atoms with E-state index in [2.05, 4.69) is 54.7 Å². The lowest BCUT2D eigenvalue weighted by Crippen LogP contribution is -2.55. The van der Waals surface area contributed by atoms with Gasteiger partial charge in [0.2, 0.25) is 0 Å². The molecule has 2 aromatic rings. The standard InChI is InChI=1S/C35H45N4O7PS/c1-37(2,3)17-18-39(6,7)20-19-38(4,5)16-15-36-34(48)24-9-12-27(35(41)42)30(21-24)33-28-13-10-25(40)22-31(28)45-32-23-26(11-14-29(32)33)46-47(8,43)44/h9-14,21-23H,15-20H2,1-8H3/p+2. The largest absolute Gasteiger partial charge is 0.769 e. The fourth-order valence-electron chi connectivity index (χ4n) is 5.38. The number of fused-ring (bicyclic) bond motifs is 2. The molecule has 1 aliphatic heterocycles. The van der Waals surface area contributed by atoms with Crippen molar-refractivity contribution in [3.05, 3.63) is 75.9 Å². The minimum absolute atomic E-state index is 0.0289. The third-order valence-corrected chi connectivity index (χ3v) is 9.33. The van der Waals surface area contributed by atoms with Crippen LogP contribution in [-0.2, 0) is 4.57 Å². The van der Waals surface area contributed by atoms with Crippen molar-refractivity contribution in [3.63, 3.8) is 0 Å². The summed E-state index contributed by atoms with van der Waals surface area (Å²) in [5.41, 5.74) is 1.98. The van der Waals surface area contributed by atoms with E-state index in [0.717, 1.165) is 52.8 Å². The van der Waals surface area contributed by atoms with E-state index in [9.17, 15) is 24.2 Å². The molecule has 2 aromatic carbocycles. The Morgan fingerprint density at radius 3 is 2.17 bits per heavy atom. The number of likely N-dealkylation sites (N-methyl/N-ethyl adjacent to an activating group) is 3. The Bertz CT molecular complexity index is 1910. The molecular formula is C35H47N4O7PS+2. The number of benzene rings is 3. The summed E-state index contributed by atoms with van der Waals surface area (Å²) in [6.07, 6.45) is 0. The molecule has 2 aliphatic rings. The lowest BCUT2D eigenvalue weighted by atomic mass is 9.89. The van der Waals surface area contributed by atoms with E-state index in [-0.39, 0.29) is 28.1 Å². The molecule has 2 N–H and O–H groups in total. The smallest absolute Gasteiger partial charge is 0.336 e. The van der Waals surface area contributed by atoms with E-state index in [1.54, 1.807) is 24.3 Å². The molecule has 258 valence electrons. The van der Waals surface area contributed by atoms with Crippen LogP contribution < -0.4 is 20.2 Å². The first-order chi connectivity index (χ1) is 22.1. The average Bonchev–Trinajstić information content (AvgIpc) is 2.96. The second-order valence-corrected chi connectivity index (χ2v) is 16.9. The van der Waals surface area contributed by atoms with Gasteiger partial charge < -0.3 is 37.7 Å². The van der Waals surface area contributed by atoms with Crippen molar-refractivity contribution in [3.8, 4) is 28.2 Å². The lowest BCUT2D eigenvalue weighted by molar-refractivity contribution is -0.963. The molecule has 0 amide bonds. The molecule has 48 heavy (non-hydrogen) atoms. The van der Waals surface area contributed by atoms with Crippen molar-refractivity contribution in [2.45, 2.75) is 0 Å². The number of nitrogens with zero attached hydrogens (tertiary/aromatic N) is 3. The molecule has 0 radical (unpaired) electrons. The average molecular weight is 699 g/mol. The highest BCUT2D eigenvalue weighted by Gasteiger charge is 2.26. The molecule has 0 bridgehead atoms. The Balaban J connectivity index is 1.63. The van der Waals surface area contributed by atoms with Gasteiger partial charge in [0.25, 0.3) is 0 Å². The van der Waals surface area contributed by atoms with Crippen LogP contribution in [0, 0.1) is 0 Å². The highest BCUT2D eigenvalue weighted by molar-refractivity contribution is 7.80. The molecule has 0 saturated heterocycles. The lowest BCUT2D eigenvalue weighted by Gasteiger charge is -2.37. The molecule has 0 saturated carbocycles. The summed E-state index contributed by atoms with van der Waals surface area (Å²) in [4.78, 5) is 37.1. The van der Waals surface area contributed by atoms with E-state index in [1.165, 1.54) is 30.3 Å². The van der Waals surface area contributed by atoms with Crippen LogP contribution in [0.4, 0.5) is 0 Å². The topological polar surface area (TPSA) is 129 Å². The molecule has 13 heteroatoms. The number of quaternary nitrogens is 3. The molecule has 1 unspecified atom stereocenters. The zero-order valence-electron chi connectivity index (χ0n) is 29.0. The van der Waals surface area contributed by atoms with Crippen molar-refractivity contribution < 1.29 is 41.7 Å². The van der Waals surface area contributed by atoms with Gasteiger partial charge in [0, 0.05) is 40.9 Å². The first-order valence-electron chi connectivity index (χ1n) is 15.7. The second-order valence-electron chi connectivity index (χ2n) is 14.8. The minimum Gasteiger partial charge on any atom is -0.769 e. The summed E-state index contributed by atoms with van der Waals surface area (Å²) in [6, 6.07) is 13.7. The van der Waals surface area contributed by atoms with Crippen LogP contribution in [-0.4, -0.2) is 125 Å². The maximum absolute atomic E-state index is 12.5. The summed E-state index contributed by atoms with van der Waals surface area (Å²) < 4.78 is 25.6. The fraction of sp³-hybridized carbons (Fsp3) is 0.400. The first kappa shape index (κ1) is 37.2. The van der Waals surface area contributed by atoms with Crippen molar-refractivity contribution in [2.75, 3.05) is 95.3 Å². The third-order valence-electron chi connectivity index (χ3n) is 8.41. The van der Waals surface area contributed by atoms with Crippen molar-refractivity contribution in [2.24, 2.45) is 0 Å². The predicted molar refractivity (Wildman–Crippen MR) is 192 cm³/mol. The summed E-state index contributed by atoms with van der Waals surface area (Å²) in [6.45, 7) is 6.65. The zero-order chi connectivity index (χ0) is 35.7. The molecule has 11 nitrogen and oxygen atoms in total. The molecule has 1 heterocycles. The van der Waals surface area contributed by atoms with E-state index in [4.69, 9.17) is 21.2 Å². The first-order valence-corrected chi connectivity index (χ1v) is 18.1. The molecule has 4 rings (SSSR count). The Morgan fingerprint density at radius 2 is 1.54 bits per heavy atom. The van der Waals surface area contributed by atoms with Crippen LogP contribution in [0.2, 0.25) is 0 Å². The number of hydrogen-bond donors (Lipinski definition) is 2. The Morgan fingerprint density at radius 1 is 0.896 bits per heavy atom. The fourth-order valence-corrected chi connectivity index (χ4v) is 6.10. The number of carboxylic acid groups (broad SMARTS) is 1. The van der Waals surface area contributed by atoms with Gasteiger partial charge in [0.05, 0.1) is 68.0 Å². The number of carboxylic acids is 1. The summed E-state index contributed by atoms with van der Waals surface area (Å²) >= 11 is 5.79. The van der Waals surface area contributed by atoms with Gasteiger partial charge in [-0.25, -0.2) is 4.79 Å². The van der Waals surface area contributed by atoms with E-state index in [0.29, 0.717) is 39.2 Å². The number of rotatable bonds is 14. The van der Waals surface area contributed by atoms with Crippen LogP contribution in [0.1, 0.15) is 15.9 Å². The normalized spacial score (nSPS) is 13.8. The van der Waals surface area contributed by atoms with Gasteiger partial charge >= 0.3 is 5.97 Å². The van der Waals surface area contributed by atoms with Gasteiger partial charge in [-0.1, -0.05) is 18.3 Å². The molecule has 1 atom stereocenters. The van der Waals surface area contributed by atoms with Crippen LogP contribution in [0.5, 0.6) is 5.75 Å². The third kappa shape index (κ3) is 9.95. The van der Waals surface area contributed by atoms with Crippen LogP contribution in [0.3, 0.4) is 0 Å². The van der Waals surface area contributed by atoms with Crippen molar-refractivity contribution in [1.29, 1.82) is 0 Å². The Labute approximate surface area is 287 Å². The highest BCUT2D eigenvalue weighted by atomic mass is 32.1. The van der Waals surface area contributed by atoms with E-state index in [1.807, 2.05) is 0 Å². The van der Waals surface area contributed by atoms with Gasteiger partial charge in [-0.3, -0.25) is 9.36 Å². The van der Waals surface area contributed by atoms with Gasteiger partial charge in [-0.15, -0.1) is 0 Å². The van der Waals surface area contributed by atoms with Gasteiger partial charge in [0.15, 0.2) is 13.0 Å². The van der Waals surface area contributed by atoms with Gasteiger partial charge in [-0.2, -0.15) is 0 Å². The molecule has 0 fully saturated rings. The quantitative estimate of drug-likeness (QED) is 0.0871. The SMILES string of the molecule is C[N+](C)(C)CC[N+](C)(C)CC[N+](C)(C)CCNC(=S)c1ccc(C(=O)O)c(-c2c3ccc(=O)cc-3oc3cc(OP(C)(=O)[O-])ccc23)c1. The van der Waals surface area contributed by atoms with Crippen LogP contribution in [0.15, 0.2) is 63.8 Å². The summed E-state index contributed by atoms with van der Waals surface area (Å²) in [7, 11) is 11.5. The van der Waals surface area contributed by atoms with Gasteiger partial charge in [0.1, 0.15) is 48.3 Å². The summed E-state index contributed by atoms with van der Waals surface area (Å²) in [5.74, 6) is -0.898. The van der Waals surface area contributed by atoms with E-state index < -0.39 is 13.6 Å². The van der Waals surface area contributed by atoms with Gasteiger partial charge in [-0.05, 0) is 42.0 Å². The highest BCUT2D eigenvalue weighted by Crippen LogP contribution is 2.43. The second kappa shape index (κ2) is 14.1. The molecule has 1 aliphatic carbocycles. The number of aromatic carboxylic acids is 1. The van der Waals surface area contributed by atoms with Crippen molar-refractivity contribution >= 4 is 41.7 Å². The molecule has 0 spiro atoms. The minimum atomic E-state index is -4.11. The maximum Gasteiger partial charge on any atom is 0.336 e. The predicted octanol–water partition coefficient (Wildman–Crippen LogP) is 3.95. The Hall–Kier alpha value is -3.64. The maximum atomic E-state index is 12.5. The number of nitrogens with one attached hydrogen (secondary N) is 1. The zero-order valence-corrected chi connectivity index (χ0v) is 30.7. The molecular weight excluding hydrogens is 651 g/mol. The number of hydrogen-bond acceptors (Lipinski definition) is 7. The molecule has 0 aromatic heterocycles. The summed E-state index contributed by atoms with van der Waals surface area (Å²) in [5, 5.41) is 14.1.